The Morgan fingerprint density at radius 3 is 2.67 bits per heavy atom. The third-order valence-corrected chi connectivity index (χ3v) is 4.80. The molecule has 1 aromatic rings. The van der Waals surface area contributed by atoms with Gasteiger partial charge in [0.1, 0.15) is 10.8 Å². The van der Waals surface area contributed by atoms with Crippen LogP contribution in [0.15, 0.2) is 12.1 Å². The zero-order valence-corrected chi connectivity index (χ0v) is 13.0. The van der Waals surface area contributed by atoms with Crippen LogP contribution in [0.3, 0.4) is 0 Å². The predicted molar refractivity (Wildman–Crippen MR) is 81.0 cm³/mol. The monoisotopic (exact) mass is 329 g/mol. The zero-order chi connectivity index (χ0) is 14.8. The first-order chi connectivity index (χ1) is 10.2. The summed E-state index contributed by atoms with van der Waals surface area (Å²) in [4.78, 5) is 12.4. The molecule has 0 spiro atoms. The minimum atomic E-state index is -0.0705. The molecule has 2 aliphatic rings. The van der Waals surface area contributed by atoms with Crippen LogP contribution >= 0.6 is 23.2 Å². The summed E-state index contributed by atoms with van der Waals surface area (Å²) in [6.07, 6.45) is 2.30. The summed E-state index contributed by atoms with van der Waals surface area (Å²) in [5.74, 6) is 0.711. The van der Waals surface area contributed by atoms with Gasteiger partial charge in [-0.15, -0.1) is 0 Å². The molecule has 21 heavy (non-hydrogen) atoms. The van der Waals surface area contributed by atoms with Crippen molar-refractivity contribution in [1.82, 2.24) is 5.32 Å². The van der Waals surface area contributed by atoms with Crippen LogP contribution < -0.4 is 10.1 Å². The second kappa shape index (κ2) is 6.42. The van der Waals surface area contributed by atoms with E-state index in [1.807, 2.05) is 6.07 Å². The Morgan fingerprint density at radius 2 is 1.90 bits per heavy atom. The lowest BCUT2D eigenvalue weighted by Gasteiger charge is -2.30. The Kier molecular flexibility index (Phi) is 4.57. The van der Waals surface area contributed by atoms with Gasteiger partial charge in [-0.25, -0.2) is 0 Å². The van der Waals surface area contributed by atoms with E-state index in [1.165, 1.54) is 0 Å². The summed E-state index contributed by atoms with van der Waals surface area (Å²) >= 11 is 12.2. The van der Waals surface area contributed by atoms with Crippen molar-refractivity contribution in [3.8, 4) is 5.75 Å². The zero-order valence-electron chi connectivity index (χ0n) is 11.5. The van der Waals surface area contributed by atoms with Crippen molar-refractivity contribution >= 4 is 29.1 Å². The van der Waals surface area contributed by atoms with Gasteiger partial charge in [0.25, 0.3) is 0 Å². The Hall–Kier alpha value is -0.970. The van der Waals surface area contributed by atoms with Gasteiger partial charge in [-0.05, 0) is 18.9 Å². The first-order valence-electron chi connectivity index (χ1n) is 7.15. The molecule has 0 radical (unpaired) electrons. The second-order valence-corrected chi connectivity index (χ2v) is 6.15. The van der Waals surface area contributed by atoms with Crippen molar-refractivity contribution in [3.63, 3.8) is 0 Å². The average molecular weight is 330 g/mol. The molecule has 0 unspecified atom stereocenters. The lowest BCUT2D eigenvalue weighted by atomic mass is 9.96. The number of fused-ring (bicyclic) bond motifs is 1. The number of hydrogen-bond acceptors (Lipinski definition) is 3. The second-order valence-electron chi connectivity index (χ2n) is 5.36. The van der Waals surface area contributed by atoms with Crippen molar-refractivity contribution in [2.24, 2.45) is 5.92 Å². The SMILES string of the molecule is O=C(N[C@@H]1CCOc2c1ccc(Cl)c2Cl)C1CCOCC1. The van der Waals surface area contributed by atoms with E-state index in [4.69, 9.17) is 32.7 Å². The maximum absolute atomic E-state index is 12.4. The highest BCUT2D eigenvalue weighted by atomic mass is 35.5. The maximum atomic E-state index is 12.4. The van der Waals surface area contributed by atoms with Crippen molar-refractivity contribution in [2.75, 3.05) is 19.8 Å². The highest BCUT2D eigenvalue weighted by Crippen LogP contribution is 2.41. The van der Waals surface area contributed by atoms with E-state index in [9.17, 15) is 4.79 Å². The Balaban J connectivity index is 1.76. The summed E-state index contributed by atoms with van der Waals surface area (Å²) in [5, 5.41) is 4.00. The van der Waals surface area contributed by atoms with Crippen LogP contribution in [0.2, 0.25) is 10.0 Å². The molecule has 1 saturated heterocycles. The third kappa shape index (κ3) is 3.12. The maximum Gasteiger partial charge on any atom is 0.223 e. The minimum absolute atomic E-state index is 0.0350. The van der Waals surface area contributed by atoms with Gasteiger partial charge in [-0.2, -0.15) is 0 Å². The van der Waals surface area contributed by atoms with Gasteiger partial charge in [0, 0.05) is 31.1 Å². The third-order valence-electron chi connectivity index (χ3n) is 4.02. The van der Waals surface area contributed by atoms with Gasteiger partial charge in [0.15, 0.2) is 0 Å². The number of carbonyl (C=O) groups is 1. The smallest absolute Gasteiger partial charge is 0.223 e. The molecule has 1 atom stereocenters. The van der Waals surface area contributed by atoms with Crippen molar-refractivity contribution < 1.29 is 14.3 Å². The summed E-state index contributed by atoms with van der Waals surface area (Å²) in [7, 11) is 0. The van der Waals surface area contributed by atoms with E-state index < -0.39 is 0 Å². The average Bonchev–Trinajstić information content (AvgIpc) is 2.52. The van der Waals surface area contributed by atoms with E-state index in [0.717, 1.165) is 24.8 Å². The number of amides is 1. The van der Waals surface area contributed by atoms with E-state index in [-0.39, 0.29) is 17.9 Å². The molecule has 4 nitrogen and oxygen atoms in total. The molecule has 0 saturated carbocycles. The van der Waals surface area contributed by atoms with Crippen LogP contribution in [-0.2, 0) is 9.53 Å². The molecule has 2 aliphatic heterocycles. The van der Waals surface area contributed by atoms with Crippen LogP contribution in [0.4, 0.5) is 0 Å². The van der Waals surface area contributed by atoms with E-state index in [1.54, 1.807) is 6.07 Å². The molecule has 1 aromatic carbocycles. The fraction of sp³-hybridized carbons (Fsp3) is 0.533. The fourth-order valence-electron chi connectivity index (χ4n) is 2.80. The number of rotatable bonds is 2. The van der Waals surface area contributed by atoms with E-state index in [2.05, 4.69) is 5.32 Å². The molecule has 6 heteroatoms. The van der Waals surface area contributed by atoms with E-state index >= 15 is 0 Å². The summed E-state index contributed by atoms with van der Waals surface area (Å²) in [6.45, 7) is 1.83. The molecule has 114 valence electrons. The van der Waals surface area contributed by atoms with Gasteiger partial charge in [0.05, 0.1) is 17.7 Å². The summed E-state index contributed by atoms with van der Waals surface area (Å²) < 4.78 is 10.9. The molecule has 0 aromatic heterocycles. The number of carbonyl (C=O) groups excluding carboxylic acids is 1. The number of halogens is 2. The number of nitrogens with one attached hydrogen (secondary N) is 1. The first-order valence-corrected chi connectivity index (χ1v) is 7.91. The first kappa shape index (κ1) is 14.9. The molecule has 1 N–H and O–H groups in total. The van der Waals surface area contributed by atoms with Gasteiger partial charge < -0.3 is 14.8 Å². The fourth-order valence-corrected chi connectivity index (χ4v) is 3.18. The van der Waals surface area contributed by atoms with Crippen LogP contribution in [0.25, 0.3) is 0 Å². The topological polar surface area (TPSA) is 47.6 Å². The van der Waals surface area contributed by atoms with Crippen molar-refractivity contribution in [3.05, 3.63) is 27.7 Å². The molecular formula is C15H17Cl2NO3. The molecule has 1 fully saturated rings. The Bertz CT molecular complexity index is 544. The van der Waals surface area contributed by atoms with Crippen LogP contribution in [0.1, 0.15) is 30.9 Å². The normalized spacial score (nSPS) is 22.3. The van der Waals surface area contributed by atoms with Gasteiger partial charge in [-0.3, -0.25) is 4.79 Å². The van der Waals surface area contributed by atoms with Gasteiger partial charge in [0.2, 0.25) is 5.91 Å². The van der Waals surface area contributed by atoms with Crippen LogP contribution in [0.5, 0.6) is 5.75 Å². The number of hydrogen-bond donors (Lipinski definition) is 1. The van der Waals surface area contributed by atoms with E-state index in [0.29, 0.717) is 35.6 Å². The molecule has 3 rings (SSSR count). The lowest BCUT2D eigenvalue weighted by Crippen LogP contribution is -2.38. The predicted octanol–water partition coefficient (Wildman–Crippen LogP) is 3.36. The quantitative estimate of drug-likeness (QED) is 0.904. The van der Waals surface area contributed by atoms with Crippen molar-refractivity contribution in [1.29, 1.82) is 0 Å². The molecule has 0 aliphatic carbocycles. The van der Waals surface area contributed by atoms with Crippen LogP contribution in [-0.4, -0.2) is 25.7 Å². The minimum Gasteiger partial charge on any atom is -0.492 e. The highest BCUT2D eigenvalue weighted by Gasteiger charge is 2.29. The largest absolute Gasteiger partial charge is 0.492 e. The number of benzene rings is 1. The highest BCUT2D eigenvalue weighted by molar-refractivity contribution is 6.43. The lowest BCUT2D eigenvalue weighted by molar-refractivity contribution is -0.128. The van der Waals surface area contributed by atoms with Gasteiger partial charge >= 0.3 is 0 Å². The standard InChI is InChI=1S/C15H17Cl2NO3/c16-11-2-1-10-12(5-8-21-14(10)13(11)17)18-15(19)9-3-6-20-7-4-9/h1-2,9,12H,3-8H2,(H,18,19)/t12-/m1/s1. The molecule has 0 bridgehead atoms. The number of ether oxygens (including phenoxy) is 2. The van der Waals surface area contributed by atoms with Crippen LogP contribution in [0, 0.1) is 5.92 Å². The summed E-state index contributed by atoms with van der Waals surface area (Å²) in [5.41, 5.74) is 0.899. The Morgan fingerprint density at radius 1 is 1.14 bits per heavy atom. The molecular weight excluding hydrogens is 313 g/mol. The van der Waals surface area contributed by atoms with Crippen molar-refractivity contribution in [2.45, 2.75) is 25.3 Å². The molecule has 1 amide bonds. The molecule has 2 heterocycles. The van der Waals surface area contributed by atoms with Gasteiger partial charge in [-0.1, -0.05) is 29.3 Å². The Labute approximate surface area is 133 Å². The summed E-state index contributed by atoms with van der Waals surface area (Å²) in [6, 6.07) is 3.54.